The van der Waals surface area contributed by atoms with E-state index in [2.05, 4.69) is 17.0 Å². The summed E-state index contributed by atoms with van der Waals surface area (Å²) in [7, 11) is -2.05. The van der Waals surface area contributed by atoms with E-state index in [0.717, 1.165) is 44.5 Å². The quantitative estimate of drug-likeness (QED) is 0.0626. The van der Waals surface area contributed by atoms with E-state index in [9.17, 15) is 28.5 Å². The highest BCUT2D eigenvalue weighted by Crippen LogP contribution is 2.42. The number of likely N-dealkylation sites (N-methyl/N-ethyl adjacent to an activating group) is 1. The molecule has 1 aliphatic heterocycles. The number of benzene rings is 6. The zero-order valence-corrected chi connectivity index (χ0v) is 36.5. The number of nitrogens with zero attached hydrogens (tertiary/aromatic N) is 1. The van der Waals surface area contributed by atoms with Crippen LogP contribution in [0, 0.1) is 12.8 Å². The van der Waals surface area contributed by atoms with Crippen LogP contribution in [0.25, 0.3) is 11.1 Å². The summed E-state index contributed by atoms with van der Waals surface area (Å²) in [5.74, 6) is -0.403. The van der Waals surface area contributed by atoms with E-state index in [1.165, 1.54) is 12.1 Å². The fraction of sp³-hybridized carbons (Fsp3) is 0.275. The molecule has 0 spiro atoms. The van der Waals surface area contributed by atoms with Gasteiger partial charge in [-0.05, 0) is 89.7 Å². The molecule has 7 rings (SSSR count). The average Bonchev–Trinajstić information content (AvgIpc) is 3.29. The van der Waals surface area contributed by atoms with Gasteiger partial charge in [-0.1, -0.05) is 134 Å². The third-order valence-corrected chi connectivity index (χ3v) is 13.0. The minimum absolute atomic E-state index is 0.0555. The lowest BCUT2D eigenvalue weighted by molar-refractivity contribution is -0.276. The zero-order valence-electron chi connectivity index (χ0n) is 35.7. The Bertz CT molecular complexity index is 2540. The molecule has 0 bridgehead atoms. The van der Waals surface area contributed by atoms with Crippen molar-refractivity contribution < 1.29 is 38.0 Å². The smallest absolute Gasteiger partial charge is 0.241 e. The van der Waals surface area contributed by atoms with Gasteiger partial charge in [0.15, 0.2) is 6.29 Å². The number of carbonyl (C=O) groups excluding carboxylic acids is 1. The number of amides is 1. The largest absolute Gasteiger partial charge is 0.508 e. The van der Waals surface area contributed by atoms with E-state index in [4.69, 9.17) is 9.47 Å². The predicted octanol–water partition coefficient (Wildman–Crippen LogP) is 7.52. The highest BCUT2D eigenvalue weighted by atomic mass is 32.2. The molecule has 0 aliphatic carbocycles. The molecule has 0 saturated carbocycles. The van der Waals surface area contributed by atoms with Gasteiger partial charge in [-0.25, -0.2) is 8.42 Å². The monoisotopic (exact) mass is 869 g/mol. The number of ether oxygens (including phenoxy) is 2. The Morgan fingerprint density at radius 3 is 2.14 bits per heavy atom. The summed E-state index contributed by atoms with van der Waals surface area (Å²) in [6, 6.07) is 45.0. The maximum absolute atomic E-state index is 13.7. The Kier molecular flexibility index (Phi) is 14.9. The first-order valence-electron chi connectivity index (χ1n) is 21.1. The standard InChI is InChI=1S/C51H55N3O8S/c1-34-15-25-45(26-16-34)63(59,60)53-46(28-36-9-5-4-6-10-36)50(58)52-30-38-11-7-12-42(27-38)39-21-23-41(24-22-39)51-61-48(32-54(3)31-47(57)43-13-8-14-44(56)29-43)35(2)49(62-51)40-19-17-37(33-55)18-20-40/h4-27,29,35,46-49,51,53,55-57H,28,30-33H2,1-3H3,(H,52,58). The molecule has 6 unspecified atom stereocenters. The van der Waals surface area contributed by atoms with Gasteiger partial charge in [0, 0.05) is 31.1 Å². The van der Waals surface area contributed by atoms with Crippen molar-refractivity contribution in [3.05, 3.63) is 191 Å². The van der Waals surface area contributed by atoms with Crippen LogP contribution in [0.2, 0.25) is 0 Å². The molecule has 63 heavy (non-hydrogen) atoms. The number of carbonyl (C=O) groups is 1. The van der Waals surface area contributed by atoms with E-state index >= 15 is 0 Å². The summed E-state index contributed by atoms with van der Waals surface area (Å²) in [5.41, 5.74) is 7.70. The van der Waals surface area contributed by atoms with Gasteiger partial charge in [0.2, 0.25) is 15.9 Å². The van der Waals surface area contributed by atoms with Gasteiger partial charge in [0.1, 0.15) is 11.8 Å². The van der Waals surface area contributed by atoms with Crippen molar-refractivity contribution in [1.29, 1.82) is 0 Å². The summed E-state index contributed by atoms with van der Waals surface area (Å²) < 4.78 is 42.8. The molecule has 328 valence electrons. The Morgan fingerprint density at radius 1 is 0.762 bits per heavy atom. The number of hydrogen-bond donors (Lipinski definition) is 5. The van der Waals surface area contributed by atoms with Crippen molar-refractivity contribution in [1.82, 2.24) is 14.9 Å². The topological polar surface area (TPSA) is 158 Å². The molecule has 1 fully saturated rings. The summed E-state index contributed by atoms with van der Waals surface area (Å²) in [4.78, 5) is 15.8. The van der Waals surface area contributed by atoms with Gasteiger partial charge in [0.05, 0.1) is 29.8 Å². The first kappa shape index (κ1) is 45.3. The average molecular weight is 870 g/mol. The van der Waals surface area contributed by atoms with Crippen molar-refractivity contribution >= 4 is 15.9 Å². The Morgan fingerprint density at radius 2 is 1.44 bits per heavy atom. The molecule has 6 aromatic carbocycles. The van der Waals surface area contributed by atoms with Gasteiger partial charge in [-0.2, -0.15) is 4.72 Å². The van der Waals surface area contributed by atoms with Crippen molar-refractivity contribution in [2.45, 2.75) is 69.0 Å². The summed E-state index contributed by atoms with van der Waals surface area (Å²) in [6.07, 6.45) is -1.91. The molecule has 1 aliphatic rings. The normalized spacial score (nSPS) is 18.8. The number of aryl methyl sites for hydroxylation is 1. The van der Waals surface area contributed by atoms with E-state index in [-0.39, 0.29) is 48.3 Å². The van der Waals surface area contributed by atoms with E-state index < -0.39 is 34.4 Å². The molecule has 1 saturated heterocycles. The van der Waals surface area contributed by atoms with Crippen molar-refractivity contribution in [2.24, 2.45) is 5.92 Å². The number of nitrogens with one attached hydrogen (secondary N) is 2. The molecular formula is C51H55N3O8S. The third kappa shape index (κ3) is 11.9. The SMILES string of the molecule is Cc1ccc(S(=O)(=O)NC(Cc2ccccc2)C(=O)NCc2cccc(-c3ccc(C4OC(CN(C)CC(O)c5cccc(O)c5)C(C)C(c5ccc(CO)cc5)O4)cc3)c2)cc1. The van der Waals surface area contributed by atoms with Crippen LogP contribution in [-0.2, 0) is 43.9 Å². The highest BCUT2D eigenvalue weighted by Gasteiger charge is 2.39. The number of phenols is 1. The second-order valence-electron chi connectivity index (χ2n) is 16.4. The van der Waals surface area contributed by atoms with E-state index in [1.54, 1.807) is 36.4 Å². The molecule has 6 aromatic rings. The third-order valence-electron chi connectivity index (χ3n) is 11.5. The number of aromatic hydroxyl groups is 1. The van der Waals surface area contributed by atoms with Crippen LogP contribution in [0.5, 0.6) is 5.75 Å². The lowest BCUT2D eigenvalue weighted by atomic mass is 9.90. The van der Waals surface area contributed by atoms with Crippen LogP contribution in [0.15, 0.2) is 157 Å². The fourth-order valence-electron chi connectivity index (χ4n) is 7.86. The Hall–Kier alpha value is -5.70. The van der Waals surface area contributed by atoms with Crippen LogP contribution in [0.1, 0.15) is 64.4 Å². The molecular weight excluding hydrogens is 815 g/mol. The van der Waals surface area contributed by atoms with E-state index in [0.29, 0.717) is 18.7 Å². The molecule has 5 N–H and O–H groups in total. The lowest BCUT2D eigenvalue weighted by Gasteiger charge is -2.42. The number of aliphatic hydroxyl groups excluding tert-OH is 2. The van der Waals surface area contributed by atoms with E-state index in [1.807, 2.05) is 122 Å². The second-order valence-corrected chi connectivity index (χ2v) is 18.1. The van der Waals surface area contributed by atoms with Crippen molar-refractivity contribution in [3.63, 3.8) is 0 Å². The highest BCUT2D eigenvalue weighted by molar-refractivity contribution is 7.89. The van der Waals surface area contributed by atoms with Crippen molar-refractivity contribution in [3.8, 4) is 16.9 Å². The van der Waals surface area contributed by atoms with Gasteiger partial charge < -0.3 is 35.0 Å². The number of rotatable bonds is 17. The van der Waals surface area contributed by atoms with Crippen molar-refractivity contribution in [2.75, 3.05) is 20.1 Å². The minimum Gasteiger partial charge on any atom is -0.508 e. The Balaban J connectivity index is 1.04. The fourth-order valence-corrected chi connectivity index (χ4v) is 9.05. The van der Waals surface area contributed by atoms with Gasteiger partial charge in [0.25, 0.3) is 0 Å². The second kappa shape index (κ2) is 20.7. The molecule has 12 heteroatoms. The first-order chi connectivity index (χ1) is 30.3. The molecule has 6 atom stereocenters. The van der Waals surface area contributed by atoms with Crippen LogP contribution in [0.4, 0.5) is 0 Å². The van der Waals surface area contributed by atoms with Gasteiger partial charge >= 0.3 is 0 Å². The molecule has 0 radical (unpaired) electrons. The number of sulfonamides is 1. The van der Waals surface area contributed by atoms with Crippen LogP contribution < -0.4 is 10.0 Å². The van der Waals surface area contributed by atoms with Crippen LogP contribution in [-0.4, -0.2) is 66.8 Å². The molecule has 1 heterocycles. The van der Waals surface area contributed by atoms with Crippen LogP contribution in [0.3, 0.4) is 0 Å². The van der Waals surface area contributed by atoms with Gasteiger partial charge in [-0.3, -0.25) is 4.79 Å². The first-order valence-corrected chi connectivity index (χ1v) is 22.6. The van der Waals surface area contributed by atoms with Gasteiger partial charge in [-0.15, -0.1) is 0 Å². The molecule has 11 nitrogen and oxygen atoms in total. The summed E-state index contributed by atoms with van der Waals surface area (Å²) in [6.45, 7) is 4.94. The lowest BCUT2D eigenvalue weighted by Crippen LogP contribution is -2.47. The summed E-state index contributed by atoms with van der Waals surface area (Å²) >= 11 is 0. The predicted molar refractivity (Wildman–Crippen MR) is 243 cm³/mol. The number of aliphatic hydroxyl groups is 2. The maximum atomic E-state index is 13.7. The maximum Gasteiger partial charge on any atom is 0.241 e. The Labute approximate surface area is 370 Å². The molecule has 0 aromatic heterocycles. The summed E-state index contributed by atoms with van der Waals surface area (Å²) in [5, 5.41) is 33.6. The number of phenolic OH excluding ortho intramolecular Hbond substituents is 1. The molecule has 1 amide bonds. The minimum atomic E-state index is -3.98. The van der Waals surface area contributed by atoms with Crippen LogP contribution >= 0.6 is 0 Å². The zero-order chi connectivity index (χ0) is 44.5. The number of hydrogen-bond acceptors (Lipinski definition) is 9.